The Hall–Kier alpha value is -0.550. The third-order valence-corrected chi connectivity index (χ3v) is 6.42. The number of rotatable bonds is 7. The van der Waals surface area contributed by atoms with E-state index in [4.69, 9.17) is 4.74 Å². The fraction of sp³-hybridized carbons (Fsp3) is 0.950. The molecule has 0 radical (unpaired) electrons. The maximum Gasteiger partial charge on any atom is 0.0807 e. The standard InChI is InChI=1S/C20H35NO/c1-3-4-5-6-17-7-9-18(10-8-17)19-11-13-20(15-21,14-12-19)16-22-2/h17-19H,3-14,16H2,1-2H3. The Bertz CT molecular complexity index is 343. The van der Waals surface area contributed by atoms with E-state index >= 15 is 0 Å². The van der Waals surface area contributed by atoms with Crippen LogP contribution in [0.15, 0.2) is 0 Å². The lowest BCUT2D eigenvalue weighted by atomic mass is 9.65. The average Bonchev–Trinajstić information content (AvgIpc) is 2.57. The van der Waals surface area contributed by atoms with Gasteiger partial charge in [-0.15, -0.1) is 0 Å². The van der Waals surface area contributed by atoms with Gasteiger partial charge in [0.2, 0.25) is 0 Å². The molecule has 0 aromatic heterocycles. The lowest BCUT2D eigenvalue weighted by molar-refractivity contribution is 0.0555. The van der Waals surface area contributed by atoms with Gasteiger partial charge in [0.1, 0.15) is 0 Å². The minimum Gasteiger partial charge on any atom is -0.383 e. The maximum atomic E-state index is 9.48. The molecule has 0 unspecified atom stereocenters. The third-order valence-electron chi connectivity index (χ3n) is 6.42. The summed E-state index contributed by atoms with van der Waals surface area (Å²) in [5.74, 6) is 2.84. The Labute approximate surface area is 137 Å². The van der Waals surface area contributed by atoms with Gasteiger partial charge in [0.15, 0.2) is 0 Å². The first-order valence-electron chi connectivity index (χ1n) is 9.63. The van der Waals surface area contributed by atoms with Gasteiger partial charge in [0.25, 0.3) is 0 Å². The van der Waals surface area contributed by atoms with Gasteiger partial charge in [-0.25, -0.2) is 0 Å². The summed E-state index contributed by atoms with van der Waals surface area (Å²) >= 11 is 0. The van der Waals surface area contributed by atoms with Crippen LogP contribution in [-0.4, -0.2) is 13.7 Å². The van der Waals surface area contributed by atoms with Crippen molar-refractivity contribution in [2.24, 2.45) is 23.2 Å². The van der Waals surface area contributed by atoms with E-state index in [9.17, 15) is 5.26 Å². The second-order valence-corrected chi connectivity index (χ2v) is 7.94. The fourth-order valence-electron chi connectivity index (χ4n) is 4.86. The van der Waals surface area contributed by atoms with Gasteiger partial charge in [0.05, 0.1) is 18.1 Å². The Morgan fingerprint density at radius 2 is 1.64 bits per heavy atom. The molecule has 0 heterocycles. The van der Waals surface area contributed by atoms with Crippen molar-refractivity contribution in [3.8, 4) is 6.07 Å². The number of unbranched alkanes of at least 4 members (excludes halogenated alkanes) is 2. The quantitative estimate of drug-likeness (QED) is 0.563. The van der Waals surface area contributed by atoms with Crippen LogP contribution >= 0.6 is 0 Å². The highest BCUT2D eigenvalue weighted by molar-refractivity contribution is 5.02. The zero-order chi connectivity index (χ0) is 15.8. The van der Waals surface area contributed by atoms with Crippen LogP contribution in [0.2, 0.25) is 0 Å². The summed E-state index contributed by atoms with van der Waals surface area (Å²) in [6.07, 6.45) is 16.1. The van der Waals surface area contributed by atoms with Crippen LogP contribution in [0.25, 0.3) is 0 Å². The van der Waals surface area contributed by atoms with Crippen molar-refractivity contribution < 1.29 is 4.74 Å². The first-order valence-corrected chi connectivity index (χ1v) is 9.63. The van der Waals surface area contributed by atoms with Crippen molar-refractivity contribution >= 4 is 0 Å². The summed E-state index contributed by atoms with van der Waals surface area (Å²) in [4.78, 5) is 0. The zero-order valence-corrected chi connectivity index (χ0v) is 14.8. The normalized spacial score (nSPS) is 36.0. The van der Waals surface area contributed by atoms with Gasteiger partial charge in [-0.05, 0) is 56.3 Å². The SMILES string of the molecule is CCCCCC1CCC(C2CCC(C#N)(COC)CC2)CC1. The summed E-state index contributed by atoms with van der Waals surface area (Å²) in [6.45, 7) is 2.92. The van der Waals surface area contributed by atoms with E-state index in [0.29, 0.717) is 6.61 Å². The molecule has 2 aliphatic rings. The van der Waals surface area contributed by atoms with Gasteiger partial charge in [-0.3, -0.25) is 0 Å². The van der Waals surface area contributed by atoms with Crippen LogP contribution in [0.1, 0.15) is 84.0 Å². The molecular formula is C20H35NO. The summed E-state index contributed by atoms with van der Waals surface area (Å²) in [7, 11) is 1.73. The molecule has 2 nitrogen and oxygen atoms in total. The Morgan fingerprint density at radius 3 is 2.18 bits per heavy atom. The molecule has 0 bridgehead atoms. The summed E-state index contributed by atoms with van der Waals surface area (Å²) < 4.78 is 5.29. The van der Waals surface area contributed by atoms with Gasteiger partial charge in [-0.2, -0.15) is 5.26 Å². The molecule has 0 aromatic carbocycles. The van der Waals surface area contributed by atoms with Gasteiger partial charge in [0, 0.05) is 7.11 Å². The van der Waals surface area contributed by atoms with Crippen LogP contribution in [0.4, 0.5) is 0 Å². The molecule has 2 fully saturated rings. The highest BCUT2D eigenvalue weighted by Crippen LogP contribution is 2.46. The highest BCUT2D eigenvalue weighted by atomic mass is 16.5. The molecule has 0 atom stereocenters. The van der Waals surface area contributed by atoms with E-state index in [1.54, 1.807) is 7.11 Å². The summed E-state index contributed by atoms with van der Waals surface area (Å²) in [5.41, 5.74) is -0.178. The first-order chi connectivity index (χ1) is 10.7. The molecule has 0 N–H and O–H groups in total. The van der Waals surface area contributed by atoms with Crippen LogP contribution in [0.5, 0.6) is 0 Å². The van der Waals surface area contributed by atoms with Gasteiger partial charge >= 0.3 is 0 Å². The molecule has 0 amide bonds. The van der Waals surface area contributed by atoms with Crippen molar-refractivity contribution in [3.63, 3.8) is 0 Å². The second-order valence-electron chi connectivity index (χ2n) is 7.94. The van der Waals surface area contributed by atoms with E-state index in [0.717, 1.165) is 30.6 Å². The van der Waals surface area contributed by atoms with E-state index in [1.807, 2.05) is 0 Å². The summed E-state index contributed by atoms with van der Waals surface area (Å²) in [5, 5.41) is 9.48. The molecule has 0 spiro atoms. The van der Waals surface area contributed by atoms with E-state index < -0.39 is 0 Å². The van der Waals surface area contributed by atoms with Crippen LogP contribution in [-0.2, 0) is 4.74 Å². The largest absolute Gasteiger partial charge is 0.383 e. The predicted molar refractivity (Wildman–Crippen MR) is 91.5 cm³/mol. The monoisotopic (exact) mass is 305 g/mol. The minimum atomic E-state index is -0.178. The molecule has 2 saturated carbocycles. The number of hydrogen-bond donors (Lipinski definition) is 0. The molecule has 0 saturated heterocycles. The molecule has 2 rings (SSSR count). The molecule has 0 aromatic rings. The zero-order valence-electron chi connectivity index (χ0n) is 14.8. The van der Waals surface area contributed by atoms with Crippen molar-refractivity contribution in [1.29, 1.82) is 5.26 Å². The Kier molecular flexibility index (Phi) is 7.22. The van der Waals surface area contributed by atoms with Gasteiger partial charge in [-0.1, -0.05) is 45.4 Å². The van der Waals surface area contributed by atoms with Crippen LogP contribution in [0.3, 0.4) is 0 Å². The van der Waals surface area contributed by atoms with Gasteiger partial charge < -0.3 is 4.74 Å². The molecule has 2 heteroatoms. The number of hydrogen-bond acceptors (Lipinski definition) is 2. The third kappa shape index (κ3) is 4.72. The van der Waals surface area contributed by atoms with Crippen molar-refractivity contribution in [2.75, 3.05) is 13.7 Å². The molecule has 22 heavy (non-hydrogen) atoms. The van der Waals surface area contributed by atoms with E-state index in [-0.39, 0.29) is 5.41 Å². The number of nitriles is 1. The van der Waals surface area contributed by atoms with Crippen molar-refractivity contribution in [1.82, 2.24) is 0 Å². The first kappa shape index (κ1) is 17.8. The molecule has 2 aliphatic carbocycles. The fourth-order valence-corrected chi connectivity index (χ4v) is 4.86. The van der Waals surface area contributed by atoms with Crippen molar-refractivity contribution in [3.05, 3.63) is 0 Å². The summed E-state index contributed by atoms with van der Waals surface area (Å²) in [6, 6.07) is 2.55. The predicted octanol–water partition coefficient (Wildman–Crippen LogP) is 5.72. The Balaban J connectivity index is 1.71. The van der Waals surface area contributed by atoms with E-state index in [2.05, 4.69) is 13.0 Å². The topological polar surface area (TPSA) is 33.0 Å². The molecule has 0 aliphatic heterocycles. The van der Waals surface area contributed by atoms with Crippen molar-refractivity contribution in [2.45, 2.75) is 84.0 Å². The molecular weight excluding hydrogens is 270 g/mol. The van der Waals surface area contributed by atoms with Crippen LogP contribution < -0.4 is 0 Å². The number of nitrogens with zero attached hydrogens (tertiary/aromatic N) is 1. The van der Waals surface area contributed by atoms with E-state index in [1.165, 1.54) is 64.2 Å². The minimum absolute atomic E-state index is 0.178. The van der Waals surface area contributed by atoms with Crippen LogP contribution in [0, 0.1) is 34.5 Å². The lowest BCUT2D eigenvalue weighted by Crippen LogP contribution is -2.33. The molecule has 126 valence electrons. The number of methoxy groups -OCH3 is 1. The second kappa shape index (κ2) is 8.92. The Morgan fingerprint density at radius 1 is 1.00 bits per heavy atom. The maximum absolute atomic E-state index is 9.48. The lowest BCUT2D eigenvalue weighted by Gasteiger charge is -2.40. The number of ether oxygens (including phenoxy) is 1. The smallest absolute Gasteiger partial charge is 0.0807 e. The average molecular weight is 306 g/mol. The highest BCUT2D eigenvalue weighted by Gasteiger charge is 2.38.